The highest BCUT2D eigenvalue weighted by molar-refractivity contribution is 5.76. The summed E-state index contributed by atoms with van der Waals surface area (Å²) in [5.74, 6) is 1.19. The lowest BCUT2D eigenvalue weighted by molar-refractivity contribution is -0.122. The summed E-state index contributed by atoms with van der Waals surface area (Å²) >= 11 is 0. The Kier molecular flexibility index (Phi) is 6.83. The van der Waals surface area contributed by atoms with Crippen LogP contribution in [0.4, 0.5) is 0 Å². The highest BCUT2D eigenvalue weighted by Crippen LogP contribution is 2.12. The Morgan fingerprint density at radius 3 is 2.92 bits per heavy atom. The van der Waals surface area contributed by atoms with Gasteiger partial charge in [-0.1, -0.05) is 37.3 Å². The van der Waals surface area contributed by atoms with E-state index in [9.17, 15) is 4.79 Å². The van der Waals surface area contributed by atoms with Gasteiger partial charge in [0.05, 0.1) is 0 Å². The largest absolute Gasteiger partial charge is 0.352 e. The van der Waals surface area contributed by atoms with Crippen molar-refractivity contribution in [3.63, 3.8) is 0 Å². The molecular weight excluding hydrogens is 324 g/mol. The van der Waals surface area contributed by atoms with Crippen molar-refractivity contribution < 1.29 is 4.79 Å². The van der Waals surface area contributed by atoms with Gasteiger partial charge < -0.3 is 14.8 Å². The number of nitrogens with zero attached hydrogens (tertiary/aromatic N) is 3. The van der Waals surface area contributed by atoms with E-state index in [1.807, 2.05) is 12.4 Å². The molecule has 1 aliphatic rings. The maximum absolute atomic E-state index is 12.3. The average Bonchev–Trinajstić information content (AvgIpc) is 3.13. The van der Waals surface area contributed by atoms with Gasteiger partial charge in [0, 0.05) is 50.9 Å². The maximum Gasteiger partial charge on any atom is 0.222 e. The number of carbonyl (C=O) groups is 1. The highest BCUT2D eigenvalue weighted by Gasteiger charge is 2.21. The second kappa shape index (κ2) is 9.53. The van der Waals surface area contributed by atoms with Crippen LogP contribution in [-0.2, 0) is 24.2 Å². The van der Waals surface area contributed by atoms with E-state index in [2.05, 4.69) is 57.0 Å². The van der Waals surface area contributed by atoms with Crippen LogP contribution in [0.1, 0.15) is 37.6 Å². The summed E-state index contributed by atoms with van der Waals surface area (Å²) in [4.78, 5) is 19.1. The lowest BCUT2D eigenvalue weighted by atomic mass is 10.0. The lowest BCUT2D eigenvalue weighted by Gasteiger charge is -2.33. The van der Waals surface area contributed by atoms with E-state index in [-0.39, 0.29) is 11.9 Å². The van der Waals surface area contributed by atoms with E-state index in [1.54, 1.807) is 0 Å². The van der Waals surface area contributed by atoms with E-state index in [0.717, 1.165) is 51.1 Å². The summed E-state index contributed by atoms with van der Waals surface area (Å²) in [7, 11) is 0. The van der Waals surface area contributed by atoms with Gasteiger partial charge in [0.15, 0.2) is 0 Å². The molecule has 0 saturated carbocycles. The predicted octanol–water partition coefficient (Wildman–Crippen LogP) is 2.66. The van der Waals surface area contributed by atoms with E-state index in [4.69, 9.17) is 0 Å². The number of imidazole rings is 1. The molecule has 2 aromatic rings. The van der Waals surface area contributed by atoms with Crippen molar-refractivity contribution in [3.8, 4) is 0 Å². The number of piperidine rings is 1. The Morgan fingerprint density at radius 1 is 1.27 bits per heavy atom. The number of aryl methyl sites for hydroxylation is 2. The van der Waals surface area contributed by atoms with Crippen LogP contribution in [0.15, 0.2) is 42.7 Å². The van der Waals surface area contributed by atoms with Gasteiger partial charge in [-0.25, -0.2) is 4.98 Å². The maximum atomic E-state index is 12.3. The van der Waals surface area contributed by atoms with Crippen molar-refractivity contribution in [3.05, 3.63) is 54.1 Å². The molecule has 0 aliphatic carbocycles. The molecule has 1 aromatic heterocycles. The second-order valence-corrected chi connectivity index (χ2v) is 7.08. The van der Waals surface area contributed by atoms with Crippen LogP contribution >= 0.6 is 0 Å². The van der Waals surface area contributed by atoms with Crippen molar-refractivity contribution in [1.29, 1.82) is 0 Å². The molecule has 1 N–H and O–H groups in total. The molecule has 5 nitrogen and oxygen atoms in total. The van der Waals surface area contributed by atoms with Crippen LogP contribution in [0.2, 0.25) is 0 Å². The second-order valence-electron chi connectivity index (χ2n) is 7.08. The monoisotopic (exact) mass is 354 g/mol. The third kappa shape index (κ3) is 5.43. The number of hydrogen-bond acceptors (Lipinski definition) is 3. The van der Waals surface area contributed by atoms with Crippen molar-refractivity contribution in [2.24, 2.45) is 0 Å². The molecule has 5 heteroatoms. The number of rotatable bonds is 8. The third-order valence-corrected chi connectivity index (χ3v) is 5.13. The van der Waals surface area contributed by atoms with Crippen LogP contribution < -0.4 is 5.32 Å². The molecule has 0 bridgehead atoms. The summed E-state index contributed by atoms with van der Waals surface area (Å²) < 4.78 is 2.08. The third-order valence-electron chi connectivity index (χ3n) is 5.13. The minimum atomic E-state index is 0.149. The van der Waals surface area contributed by atoms with Crippen LogP contribution in [0.25, 0.3) is 0 Å². The molecule has 1 atom stereocenters. The molecule has 1 aromatic carbocycles. The van der Waals surface area contributed by atoms with Crippen LogP contribution in [0.5, 0.6) is 0 Å². The fourth-order valence-electron chi connectivity index (χ4n) is 3.69. The molecule has 1 amide bonds. The first kappa shape index (κ1) is 18.6. The van der Waals surface area contributed by atoms with E-state index in [1.165, 1.54) is 5.56 Å². The topological polar surface area (TPSA) is 50.2 Å². The number of amides is 1. The number of nitrogens with one attached hydrogen (secondary N) is 1. The van der Waals surface area contributed by atoms with Crippen molar-refractivity contribution in [1.82, 2.24) is 19.8 Å². The molecule has 1 saturated heterocycles. The predicted molar refractivity (Wildman–Crippen MR) is 104 cm³/mol. The van der Waals surface area contributed by atoms with Gasteiger partial charge in [-0.2, -0.15) is 0 Å². The van der Waals surface area contributed by atoms with Gasteiger partial charge in [0.1, 0.15) is 5.82 Å². The highest BCUT2D eigenvalue weighted by atomic mass is 16.1. The quantitative estimate of drug-likeness (QED) is 0.793. The minimum Gasteiger partial charge on any atom is -0.352 e. The molecule has 140 valence electrons. The Balaban J connectivity index is 1.40. The fourth-order valence-corrected chi connectivity index (χ4v) is 3.69. The number of aromatic nitrogens is 2. The molecule has 1 fully saturated rings. The normalized spacial score (nSPS) is 18.0. The van der Waals surface area contributed by atoms with E-state index in [0.29, 0.717) is 13.0 Å². The first-order chi connectivity index (χ1) is 12.7. The van der Waals surface area contributed by atoms with Gasteiger partial charge in [0.2, 0.25) is 5.91 Å². The Morgan fingerprint density at radius 2 is 2.12 bits per heavy atom. The summed E-state index contributed by atoms with van der Waals surface area (Å²) in [6, 6.07) is 10.9. The zero-order valence-corrected chi connectivity index (χ0v) is 15.7. The summed E-state index contributed by atoms with van der Waals surface area (Å²) in [6.45, 7) is 5.95. The first-order valence-electron chi connectivity index (χ1n) is 9.80. The summed E-state index contributed by atoms with van der Waals surface area (Å²) in [5, 5.41) is 3.23. The van der Waals surface area contributed by atoms with Gasteiger partial charge in [-0.3, -0.25) is 4.79 Å². The summed E-state index contributed by atoms with van der Waals surface area (Å²) in [5.41, 5.74) is 1.38. The fraction of sp³-hybridized carbons (Fsp3) is 0.524. The van der Waals surface area contributed by atoms with Crippen LogP contribution in [-0.4, -0.2) is 46.0 Å². The summed E-state index contributed by atoms with van der Waals surface area (Å²) in [6.07, 6.45) is 8.49. The van der Waals surface area contributed by atoms with E-state index >= 15 is 0 Å². The van der Waals surface area contributed by atoms with Gasteiger partial charge in [-0.15, -0.1) is 0 Å². The zero-order valence-electron chi connectivity index (χ0n) is 15.7. The first-order valence-corrected chi connectivity index (χ1v) is 9.80. The molecule has 1 aliphatic heterocycles. The number of carbonyl (C=O) groups excluding carboxylic acids is 1. The zero-order chi connectivity index (χ0) is 18.2. The molecule has 0 spiro atoms. The van der Waals surface area contributed by atoms with Gasteiger partial charge >= 0.3 is 0 Å². The SMILES string of the molecule is CCc1nccn1CCC(=O)N[C@H]1CCCN(CCc2ccccc2)C1. The molecular formula is C21H30N4O. The standard InChI is InChI=1S/C21H30N4O/c1-2-20-22-12-16-25(20)15-11-21(26)23-19-9-6-13-24(17-19)14-10-18-7-4-3-5-8-18/h3-5,7-8,12,16,19H,2,6,9-11,13-15,17H2,1H3,(H,23,26)/t19-/m0/s1. The number of hydrogen-bond donors (Lipinski definition) is 1. The molecule has 0 unspecified atom stereocenters. The lowest BCUT2D eigenvalue weighted by Crippen LogP contribution is -2.48. The van der Waals surface area contributed by atoms with Crippen molar-refractivity contribution >= 4 is 5.91 Å². The average molecular weight is 354 g/mol. The van der Waals surface area contributed by atoms with Gasteiger partial charge in [0.25, 0.3) is 0 Å². The van der Waals surface area contributed by atoms with Crippen molar-refractivity contribution in [2.75, 3.05) is 19.6 Å². The molecule has 26 heavy (non-hydrogen) atoms. The van der Waals surface area contributed by atoms with Crippen LogP contribution in [0, 0.1) is 0 Å². The smallest absolute Gasteiger partial charge is 0.222 e. The Labute approximate surface area is 156 Å². The van der Waals surface area contributed by atoms with Crippen LogP contribution in [0.3, 0.4) is 0 Å². The minimum absolute atomic E-state index is 0.149. The molecule has 3 rings (SSSR count). The molecule has 0 radical (unpaired) electrons. The Hall–Kier alpha value is -2.14. The Bertz CT molecular complexity index is 682. The number of benzene rings is 1. The molecule has 2 heterocycles. The van der Waals surface area contributed by atoms with Gasteiger partial charge in [-0.05, 0) is 31.4 Å². The van der Waals surface area contributed by atoms with E-state index < -0.39 is 0 Å². The van der Waals surface area contributed by atoms with Crippen molar-refractivity contribution in [2.45, 2.75) is 51.6 Å². The number of likely N-dealkylation sites (tertiary alicyclic amines) is 1.